The molecular weight excluding hydrogens is 212 g/mol. The minimum Gasteiger partial charge on any atom is -0.508 e. The van der Waals surface area contributed by atoms with E-state index in [1.165, 1.54) is 18.2 Å². The predicted octanol–water partition coefficient (Wildman–Crippen LogP) is 0.642. The Balaban J connectivity index is 3.06. The van der Waals surface area contributed by atoms with Gasteiger partial charge in [0.2, 0.25) is 0 Å². The number of carbonyl (C=O) groups is 2. The minimum absolute atomic E-state index is 0.0257. The van der Waals surface area contributed by atoms with Gasteiger partial charge in [-0.3, -0.25) is 0 Å². The Morgan fingerprint density at radius 3 is 2.69 bits per heavy atom. The van der Waals surface area contributed by atoms with Crippen LogP contribution < -0.4 is 0 Å². The SMILES string of the molecule is O=CCCc1cc(O)ccc1C(O)C(=O)O. The number of aldehydes is 1. The molecule has 5 heteroatoms. The van der Waals surface area contributed by atoms with Crippen LogP contribution in [0.3, 0.4) is 0 Å². The highest BCUT2D eigenvalue weighted by Gasteiger charge is 2.19. The van der Waals surface area contributed by atoms with Crippen LogP contribution >= 0.6 is 0 Å². The monoisotopic (exact) mass is 224 g/mol. The van der Waals surface area contributed by atoms with Crippen molar-refractivity contribution >= 4 is 12.3 Å². The summed E-state index contributed by atoms with van der Waals surface area (Å²) in [7, 11) is 0. The van der Waals surface area contributed by atoms with Gasteiger partial charge in [-0.05, 0) is 29.7 Å². The number of aromatic hydroxyl groups is 1. The number of hydrogen-bond donors (Lipinski definition) is 3. The molecule has 5 nitrogen and oxygen atoms in total. The number of carboxylic acid groups (broad SMARTS) is 1. The first-order chi connectivity index (χ1) is 7.56. The zero-order chi connectivity index (χ0) is 12.1. The van der Waals surface area contributed by atoms with E-state index in [0.29, 0.717) is 11.8 Å². The Morgan fingerprint density at radius 1 is 1.44 bits per heavy atom. The van der Waals surface area contributed by atoms with E-state index in [4.69, 9.17) is 5.11 Å². The molecule has 0 aliphatic heterocycles. The van der Waals surface area contributed by atoms with Crippen molar-refractivity contribution in [2.45, 2.75) is 18.9 Å². The lowest BCUT2D eigenvalue weighted by Gasteiger charge is -2.11. The smallest absolute Gasteiger partial charge is 0.337 e. The van der Waals surface area contributed by atoms with Crippen molar-refractivity contribution < 1.29 is 24.9 Å². The number of aliphatic carboxylic acids is 1. The average molecular weight is 224 g/mol. The van der Waals surface area contributed by atoms with E-state index in [2.05, 4.69) is 0 Å². The van der Waals surface area contributed by atoms with E-state index in [-0.39, 0.29) is 24.2 Å². The Morgan fingerprint density at radius 2 is 2.12 bits per heavy atom. The Bertz CT molecular complexity index is 399. The summed E-state index contributed by atoms with van der Waals surface area (Å²) in [6, 6.07) is 3.99. The zero-order valence-electron chi connectivity index (χ0n) is 8.46. The first-order valence-electron chi connectivity index (χ1n) is 4.72. The number of aryl methyl sites for hydroxylation is 1. The average Bonchev–Trinajstić information content (AvgIpc) is 2.25. The van der Waals surface area contributed by atoms with Gasteiger partial charge in [0.05, 0.1) is 0 Å². The normalized spacial score (nSPS) is 12.1. The standard InChI is InChI=1S/C11H12O5/c12-5-1-2-7-6-8(13)3-4-9(7)10(14)11(15)16/h3-6,10,13-14H,1-2H2,(H,15,16). The van der Waals surface area contributed by atoms with Crippen LogP contribution in [0.1, 0.15) is 23.7 Å². The fourth-order valence-corrected chi connectivity index (χ4v) is 1.42. The van der Waals surface area contributed by atoms with Crippen molar-refractivity contribution in [3.05, 3.63) is 29.3 Å². The Kier molecular flexibility index (Phi) is 4.02. The molecule has 0 saturated carbocycles. The number of aliphatic hydroxyl groups is 1. The van der Waals surface area contributed by atoms with Gasteiger partial charge in [-0.15, -0.1) is 0 Å². The van der Waals surface area contributed by atoms with Gasteiger partial charge >= 0.3 is 5.97 Å². The summed E-state index contributed by atoms with van der Waals surface area (Å²) >= 11 is 0. The number of benzene rings is 1. The fraction of sp³-hybridized carbons (Fsp3) is 0.273. The summed E-state index contributed by atoms with van der Waals surface area (Å²) in [5, 5.41) is 27.3. The number of carboxylic acids is 1. The van der Waals surface area contributed by atoms with Crippen LogP contribution in [0.15, 0.2) is 18.2 Å². The van der Waals surface area contributed by atoms with E-state index in [1.54, 1.807) is 0 Å². The molecule has 0 aliphatic carbocycles. The summed E-state index contributed by atoms with van der Waals surface area (Å²) in [6.07, 6.45) is -0.441. The molecule has 1 aromatic carbocycles. The molecule has 1 atom stereocenters. The van der Waals surface area contributed by atoms with Crippen molar-refractivity contribution in [2.75, 3.05) is 0 Å². The molecule has 1 unspecified atom stereocenters. The van der Waals surface area contributed by atoms with Crippen LogP contribution in [0.5, 0.6) is 5.75 Å². The summed E-state index contributed by atoms with van der Waals surface area (Å²) in [5.41, 5.74) is 0.661. The molecule has 0 amide bonds. The van der Waals surface area contributed by atoms with Crippen molar-refractivity contribution in [3.8, 4) is 5.75 Å². The van der Waals surface area contributed by atoms with Crippen molar-refractivity contribution in [2.24, 2.45) is 0 Å². The highest BCUT2D eigenvalue weighted by atomic mass is 16.4. The first kappa shape index (κ1) is 12.2. The number of hydrogen-bond acceptors (Lipinski definition) is 4. The third kappa shape index (κ3) is 2.80. The third-order valence-electron chi connectivity index (χ3n) is 2.19. The number of phenols is 1. The highest BCUT2D eigenvalue weighted by molar-refractivity contribution is 5.74. The van der Waals surface area contributed by atoms with Gasteiger partial charge in [0.1, 0.15) is 12.0 Å². The molecule has 0 radical (unpaired) electrons. The highest BCUT2D eigenvalue weighted by Crippen LogP contribution is 2.23. The molecule has 1 aromatic rings. The van der Waals surface area contributed by atoms with E-state index in [9.17, 15) is 19.8 Å². The summed E-state index contributed by atoms with van der Waals surface area (Å²) in [5.74, 6) is -1.39. The van der Waals surface area contributed by atoms with Crippen LogP contribution in [0.4, 0.5) is 0 Å². The lowest BCUT2D eigenvalue weighted by molar-refractivity contribution is -0.147. The first-order valence-corrected chi connectivity index (χ1v) is 4.72. The van der Waals surface area contributed by atoms with Crippen LogP contribution in [0, 0.1) is 0 Å². The van der Waals surface area contributed by atoms with Crippen LogP contribution in [-0.4, -0.2) is 27.6 Å². The van der Waals surface area contributed by atoms with Gasteiger partial charge in [-0.1, -0.05) is 6.07 Å². The number of aliphatic hydroxyl groups excluding tert-OH is 1. The van der Waals surface area contributed by atoms with Gasteiger partial charge < -0.3 is 20.1 Å². The lowest BCUT2D eigenvalue weighted by atomic mass is 9.98. The van der Waals surface area contributed by atoms with Gasteiger partial charge in [0.15, 0.2) is 6.10 Å². The molecule has 0 aromatic heterocycles. The number of rotatable bonds is 5. The molecule has 0 saturated heterocycles. The van der Waals surface area contributed by atoms with Crippen LogP contribution in [0.25, 0.3) is 0 Å². The van der Waals surface area contributed by atoms with E-state index >= 15 is 0 Å². The van der Waals surface area contributed by atoms with Crippen LogP contribution in [0.2, 0.25) is 0 Å². The van der Waals surface area contributed by atoms with E-state index in [0.717, 1.165) is 0 Å². The fourth-order valence-electron chi connectivity index (χ4n) is 1.42. The second-order valence-electron chi connectivity index (χ2n) is 3.33. The molecule has 3 N–H and O–H groups in total. The Labute approximate surface area is 92.0 Å². The number of phenolic OH excluding ortho intramolecular Hbond substituents is 1. The van der Waals surface area contributed by atoms with E-state index < -0.39 is 12.1 Å². The molecule has 1 rings (SSSR count). The molecular formula is C11H12O5. The maximum atomic E-state index is 10.6. The quantitative estimate of drug-likeness (QED) is 0.638. The minimum atomic E-state index is -1.64. The van der Waals surface area contributed by atoms with Crippen molar-refractivity contribution in [1.82, 2.24) is 0 Å². The Hall–Kier alpha value is -1.88. The molecule has 0 heterocycles. The third-order valence-corrected chi connectivity index (χ3v) is 2.19. The molecule has 16 heavy (non-hydrogen) atoms. The van der Waals surface area contributed by atoms with Crippen LogP contribution in [-0.2, 0) is 16.0 Å². The lowest BCUT2D eigenvalue weighted by Crippen LogP contribution is -2.12. The predicted molar refractivity (Wildman–Crippen MR) is 55.1 cm³/mol. The summed E-state index contributed by atoms with van der Waals surface area (Å²) in [4.78, 5) is 20.9. The topological polar surface area (TPSA) is 94.8 Å². The summed E-state index contributed by atoms with van der Waals surface area (Å²) in [6.45, 7) is 0. The largest absolute Gasteiger partial charge is 0.508 e. The molecule has 0 aliphatic rings. The van der Waals surface area contributed by atoms with E-state index in [1.807, 2.05) is 0 Å². The second-order valence-corrected chi connectivity index (χ2v) is 3.33. The summed E-state index contributed by atoms with van der Waals surface area (Å²) < 4.78 is 0. The number of carbonyl (C=O) groups excluding carboxylic acids is 1. The molecule has 0 bridgehead atoms. The van der Waals surface area contributed by atoms with Crippen molar-refractivity contribution in [3.63, 3.8) is 0 Å². The zero-order valence-corrected chi connectivity index (χ0v) is 8.46. The molecule has 0 spiro atoms. The van der Waals surface area contributed by atoms with Crippen molar-refractivity contribution in [1.29, 1.82) is 0 Å². The maximum Gasteiger partial charge on any atom is 0.337 e. The van der Waals surface area contributed by atoms with Gasteiger partial charge in [0, 0.05) is 6.42 Å². The maximum absolute atomic E-state index is 10.6. The van der Waals surface area contributed by atoms with Gasteiger partial charge in [0.25, 0.3) is 0 Å². The van der Waals surface area contributed by atoms with Gasteiger partial charge in [-0.2, -0.15) is 0 Å². The molecule has 86 valence electrons. The second kappa shape index (κ2) is 5.27. The van der Waals surface area contributed by atoms with Gasteiger partial charge in [-0.25, -0.2) is 4.79 Å². The molecule has 0 fully saturated rings.